The number of aryl methyl sites for hydroxylation is 1. The third-order valence-electron chi connectivity index (χ3n) is 4.84. The van der Waals surface area contributed by atoms with E-state index in [-0.39, 0.29) is 5.43 Å². The number of pyridine rings is 1. The zero-order valence-corrected chi connectivity index (χ0v) is 18.3. The third-order valence-corrected chi connectivity index (χ3v) is 6.14. The first-order valence-corrected chi connectivity index (χ1v) is 10.9. The molecule has 0 radical (unpaired) electrons. The van der Waals surface area contributed by atoms with Crippen LogP contribution < -0.4 is 10.2 Å². The number of ether oxygens (including phenoxy) is 1. The van der Waals surface area contributed by atoms with Gasteiger partial charge in [-0.2, -0.15) is 0 Å². The summed E-state index contributed by atoms with van der Waals surface area (Å²) in [5, 5.41) is 10.4. The van der Waals surface area contributed by atoms with Gasteiger partial charge in [-0.1, -0.05) is 48.5 Å². The van der Waals surface area contributed by atoms with Crippen molar-refractivity contribution in [2.75, 3.05) is 0 Å². The van der Waals surface area contributed by atoms with Crippen LogP contribution in [0.4, 0.5) is 0 Å². The van der Waals surface area contributed by atoms with Gasteiger partial charge in [-0.3, -0.25) is 4.79 Å². The molecule has 0 aliphatic rings. The minimum absolute atomic E-state index is 0.0523. The Hall–Kier alpha value is -2.77. The molecule has 0 aliphatic heterocycles. The highest BCUT2D eigenvalue weighted by Gasteiger charge is 2.12. The zero-order valence-electron chi connectivity index (χ0n) is 16.7. The average molecular weight is 441 g/mol. The van der Waals surface area contributed by atoms with Crippen LogP contribution >= 0.6 is 23.4 Å². The van der Waals surface area contributed by atoms with E-state index < -0.39 is 0 Å². The number of nitrogens with one attached hydrogen (secondary N) is 1. The van der Waals surface area contributed by atoms with Crippen LogP contribution in [0.1, 0.15) is 24.0 Å². The molecule has 0 unspecified atom stereocenters. The van der Waals surface area contributed by atoms with Crippen LogP contribution in [-0.2, 0) is 25.8 Å². The summed E-state index contributed by atoms with van der Waals surface area (Å²) in [5.74, 6) is 2.18. The molecule has 0 saturated heterocycles. The van der Waals surface area contributed by atoms with Crippen LogP contribution in [0, 0.1) is 0 Å². The Morgan fingerprint density at radius 2 is 2.00 bits per heavy atom. The topological polar surface area (TPSA) is 72.8 Å². The number of fused-ring (bicyclic) bond motifs is 1. The zero-order chi connectivity index (χ0) is 21.1. The highest BCUT2D eigenvalue weighted by atomic mass is 35.5. The number of nitrogens with zero attached hydrogens (tertiary/aromatic N) is 3. The lowest BCUT2D eigenvalue weighted by atomic mass is 10.1. The SMILES string of the molecule is CCc1ccccc1OCc1nnc(SCc2cc(=O)c3cc(Cl)ccc3[nH]2)n1C. The maximum absolute atomic E-state index is 12.4. The van der Waals surface area contributed by atoms with Crippen molar-refractivity contribution in [2.24, 2.45) is 7.05 Å². The first-order chi connectivity index (χ1) is 14.5. The fourth-order valence-electron chi connectivity index (χ4n) is 3.17. The Kier molecular flexibility index (Phi) is 6.11. The molecule has 30 heavy (non-hydrogen) atoms. The Labute approximate surface area is 183 Å². The minimum atomic E-state index is -0.0523. The quantitative estimate of drug-likeness (QED) is 0.420. The summed E-state index contributed by atoms with van der Waals surface area (Å²) < 4.78 is 7.87. The van der Waals surface area contributed by atoms with Crippen molar-refractivity contribution >= 4 is 34.3 Å². The van der Waals surface area contributed by atoms with E-state index in [4.69, 9.17) is 16.3 Å². The van der Waals surface area contributed by atoms with Gasteiger partial charge in [0.05, 0.1) is 0 Å². The number of aromatic nitrogens is 4. The number of aromatic amines is 1. The van der Waals surface area contributed by atoms with Crippen molar-refractivity contribution in [2.45, 2.75) is 30.9 Å². The van der Waals surface area contributed by atoms with E-state index in [1.165, 1.54) is 11.8 Å². The molecule has 4 aromatic rings. The number of hydrogen-bond acceptors (Lipinski definition) is 5. The van der Waals surface area contributed by atoms with Gasteiger partial charge < -0.3 is 14.3 Å². The summed E-state index contributed by atoms with van der Waals surface area (Å²) in [4.78, 5) is 15.7. The molecule has 0 atom stereocenters. The van der Waals surface area contributed by atoms with Crippen LogP contribution in [0.15, 0.2) is 58.5 Å². The molecule has 0 saturated carbocycles. The van der Waals surface area contributed by atoms with Gasteiger partial charge in [0.1, 0.15) is 12.4 Å². The first kappa shape index (κ1) is 20.5. The van der Waals surface area contributed by atoms with Crippen molar-refractivity contribution < 1.29 is 4.74 Å². The summed E-state index contributed by atoms with van der Waals surface area (Å²) in [7, 11) is 1.91. The van der Waals surface area contributed by atoms with E-state index in [2.05, 4.69) is 28.2 Å². The monoisotopic (exact) mass is 440 g/mol. The summed E-state index contributed by atoms with van der Waals surface area (Å²) in [6.07, 6.45) is 0.909. The molecular weight excluding hydrogens is 420 g/mol. The molecule has 0 aliphatic carbocycles. The number of H-pyrrole nitrogens is 1. The first-order valence-electron chi connectivity index (χ1n) is 9.58. The second kappa shape index (κ2) is 8.93. The Morgan fingerprint density at radius 1 is 1.17 bits per heavy atom. The Balaban J connectivity index is 1.45. The Bertz CT molecular complexity index is 1250. The summed E-state index contributed by atoms with van der Waals surface area (Å²) >= 11 is 7.50. The van der Waals surface area contributed by atoms with Gasteiger partial charge >= 0.3 is 0 Å². The number of hydrogen-bond donors (Lipinski definition) is 1. The van der Waals surface area contributed by atoms with Gasteiger partial charge in [0, 0.05) is 40.5 Å². The molecule has 0 amide bonds. The highest BCUT2D eigenvalue weighted by Crippen LogP contribution is 2.23. The summed E-state index contributed by atoms with van der Waals surface area (Å²) in [5.41, 5.74) is 2.70. The van der Waals surface area contributed by atoms with E-state index in [9.17, 15) is 4.79 Å². The van der Waals surface area contributed by atoms with Gasteiger partial charge in [-0.15, -0.1) is 10.2 Å². The van der Waals surface area contributed by atoms with E-state index in [0.717, 1.165) is 39.9 Å². The fraction of sp³-hybridized carbons (Fsp3) is 0.227. The summed E-state index contributed by atoms with van der Waals surface area (Å²) in [6, 6.07) is 14.9. The lowest BCUT2D eigenvalue weighted by Crippen LogP contribution is -2.06. The van der Waals surface area contributed by atoms with Crippen LogP contribution in [0.25, 0.3) is 10.9 Å². The van der Waals surface area contributed by atoms with Crippen LogP contribution in [0.5, 0.6) is 5.75 Å². The second-order valence-corrected chi connectivity index (χ2v) is 8.22. The smallest absolute Gasteiger partial charge is 0.191 e. The predicted octanol–water partition coefficient (Wildman–Crippen LogP) is 4.74. The molecule has 0 spiro atoms. The molecule has 154 valence electrons. The van der Waals surface area contributed by atoms with E-state index in [1.54, 1.807) is 18.2 Å². The molecule has 8 heteroatoms. The van der Waals surface area contributed by atoms with Crippen molar-refractivity contribution in [3.63, 3.8) is 0 Å². The number of rotatable bonds is 7. The van der Waals surface area contributed by atoms with Crippen molar-refractivity contribution in [3.8, 4) is 5.75 Å². The largest absolute Gasteiger partial charge is 0.485 e. The Morgan fingerprint density at radius 3 is 2.83 bits per heavy atom. The molecule has 2 aromatic carbocycles. The average Bonchev–Trinajstić information content (AvgIpc) is 3.11. The van der Waals surface area contributed by atoms with Crippen LogP contribution in [0.2, 0.25) is 5.02 Å². The second-order valence-electron chi connectivity index (χ2n) is 6.85. The number of halogens is 1. The van der Waals surface area contributed by atoms with Gasteiger partial charge in [0.2, 0.25) is 0 Å². The minimum Gasteiger partial charge on any atom is -0.485 e. The third kappa shape index (κ3) is 4.37. The van der Waals surface area contributed by atoms with E-state index in [0.29, 0.717) is 22.8 Å². The maximum Gasteiger partial charge on any atom is 0.191 e. The van der Waals surface area contributed by atoms with Gasteiger partial charge in [-0.05, 0) is 36.2 Å². The van der Waals surface area contributed by atoms with Crippen molar-refractivity contribution in [1.29, 1.82) is 0 Å². The lowest BCUT2D eigenvalue weighted by Gasteiger charge is -2.10. The molecule has 2 heterocycles. The van der Waals surface area contributed by atoms with Gasteiger partial charge in [0.25, 0.3) is 0 Å². The highest BCUT2D eigenvalue weighted by molar-refractivity contribution is 7.98. The molecular formula is C22H21ClN4O2S. The van der Waals surface area contributed by atoms with Gasteiger partial charge in [-0.25, -0.2) is 0 Å². The molecule has 4 rings (SSSR count). The summed E-state index contributed by atoms with van der Waals surface area (Å²) in [6.45, 7) is 2.44. The molecule has 2 aromatic heterocycles. The van der Waals surface area contributed by atoms with Gasteiger partial charge in [0.15, 0.2) is 16.4 Å². The number of para-hydroxylation sites is 1. The predicted molar refractivity (Wildman–Crippen MR) is 120 cm³/mol. The normalized spacial score (nSPS) is 11.2. The molecule has 0 bridgehead atoms. The van der Waals surface area contributed by atoms with Crippen LogP contribution in [-0.4, -0.2) is 19.7 Å². The van der Waals surface area contributed by atoms with Crippen molar-refractivity contribution in [3.05, 3.63) is 80.9 Å². The van der Waals surface area contributed by atoms with E-state index >= 15 is 0 Å². The lowest BCUT2D eigenvalue weighted by molar-refractivity contribution is 0.287. The number of thioether (sulfide) groups is 1. The van der Waals surface area contributed by atoms with Crippen molar-refractivity contribution in [1.82, 2.24) is 19.7 Å². The fourth-order valence-corrected chi connectivity index (χ4v) is 4.18. The molecule has 6 nitrogen and oxygen atoms in total. The maximum atomic E-state index is 12.4. The molecule has 1 N–H and O–H groups in total. The van der Waals surface area contributed by atoms with E-state index in [1.807, 2.05) is 35.9 Å². The standard InChI is InChI=1S/C22H21ClN4O2S/c1-3-14-6-4-5-7-20(14)29-12-21-25-26-22(27(21)2)30-13-16-11-19(28)17-10-15(23)8-9-18(17)24-16/h4-11H,3,12-13H2,1-2H3,(H,24,28). The van der Waals surface area contributed by atoms with Crippen LogP contribution in [0.3, 0.4) is 0 Å². The molecule has 0 fully saturated rings. The number of benzene rings is 2.